The number of hydrogen-bond donors (Lipinski definition) is 0. The summed E-state index contributed by atoms with van der Waals surface area (Å²) in [7, 11) is 0. The van der Waals surface area contributed by atoms with Gasteiger partial charge in [0.05, 0.1) is 11.5 Å². The lowest BCUT2D eigenvalue weighted by molar-refractivity contribution is 0.242. The first-order chi connectivity index (χ1) is 9.61. The van der Waals surface area contributed by atoms with Gasteiger partial charge in [-0.05, 0) is 75.0 Å². The molecule has 0 radical (unpaired) electrons. The number of halogens is 1. The monoisotopic (exact) mass is 292 g/mol. The van der Waals surface area contributed by atoms with Gasteiger partial charge >= 0.3 is 0 Å². The fourth-order valence-corrected chi connectivity index (χ4v) is 4.47. The van der Waals surface area contributed by atoms with E-state index in [0.29, 0.717) is 0 Å². The molecule has 4 atom stereocenters. The summed E-state index contributed by atoms with van der Waals surface area (Å²) in [5, 5.41) is 0.160. The lowest BCUT2D eigenvalue weighted by Gasteiger charge is -2.24. The molecular formula is C18H25ClO. The molecule has 2 fully saturated rings. The van der Waals surface area contributed by atoms with Crippen LogP contribution in [0.15, 0.2) is 24.3 Å². The van der Waals surface area contributed by atoms with Crippen LogP contribution in [0.5, 0.6) is 5.75 Å². The van der Waals surface area contributed by atoms with E-state index in [1.165, 1.54) is 31.2 Å². The van der Waals surface area contributed by atoms with Crippen molar-refractivity contribution in [3.63, 3.8) is 0 Å². The Morgan fingerprint density at radius 1 is 1.15 bits per heavy atom. The zero-order chi connectivity index (χ0) is 14.1. The zero-order valence-electron chi connectivity index (χ0n) is 12.5. The second-order valence-corrected chi connectivity index (χ2v) is 7.40. The Kier molecular flexibility index (Phi) is 4.26. The SMILES string of the molecule is CC(C)Oc1ccc(C(Cl)CC2CC3CCC2C3)cc1. The van der Waals surface area contributed by atoms with E-state index < -0.39 is 0 Å². The highest BCUT2D eigenvalue weighted by molar-refractivity contribution is 6.20. The summed E-state index contributed by atoms with van der Waals surface area (Å²) in [6, 6.07) is 8.35. The quantitative estimate of drug-likeness (QED) is 0.644. The summed E-state index contributed by atoms with van der Waals surface area (Å²) in [5.74, 6) is 3.77. The Labute approximate surface area is 127 Å². The minimum atomic E-state index is 0.160. The van der Waals surface area contributed by atoms with Gasteiger partial charge < -0.3 is 4.74 Å². The molecule has 2 heteroatoms. The maximum Gasteiger partial charge on any atom is 0.119 e. The van der Waals surface area contributed by atoms with E-state index in [9.17, 15) is 0 Å². The van der Waals surface area contributed by atoms with Gasteiger partial charge in [-0.25, -0.2) is 0 Å². The summed E-state index contributed by atoms with van der Waals surface area (Å²) in [6.45, 7) is 4.10. The molecule has 1 aromatic rings. The minimum absolute atomic E-state index is 0.160. The van der Waals surface area contributed by atoms with Crippen LogP contribution >= 0.6 is 11.6 Å². The van der Waals surface area contributed by atoms with Crippen molar-refractivity contribution < 1.29 is 4.74 Å². The lowest BCUT2D eigenvalue weighted by atomic mass is 9.84. The van der Waals surface area contributed by atoms with Gasteiger partial charge in [0, 0.05) is 0 Å². The highest BCUT2D eigenvalue weighted by Crippen LogP contribution is 2.51. The molecule has 20 heavy (non-hydrogen) atoms. The Balaban J connectivity index is 1.58. The molecule has 1 aromatic carbocycles. The van der Waals surface area contributed by atoms with Crippen LogP contribution in [0.4, 0.5) is 0 Å². The first kappa shape index (κ1) is 14.3. The van der Waals surface area contributed by atoms with Crippen LogP contribution in [-0.4, -0.2) is 6.10 Å². The normalized spacial score (nSPS) is 29.9. The molecule has 0 spiro atoms. The Bertz CT molecular complexity index is 439. The zero-order valence-corrected chi connectivity index (χ0v) is 13.3. The molecule has 110 valence electrons. The summed E-state index contributed by atoms with van der Waals surface area (Å²) < 4.78 is 5.68. The second-order valence-electron chi connectivity index (χ2n) is 6.87. The Morgan fingerprint density at radius 2 is 1.90 bits per heavy atom. The number of ether oxygens (including phenoxy) is 1. The van der Waals surface area contributed by atoms with Crippen molar-refractivity contribution in [2.75, 3.05) is 0 Å². The van der Waals surface area contributed by atoms with E-state index in [1.54, 1.807) is 0 Å². The summed E-state index contributed by atoms with van der Waals surface area (Å²) >= 11 is 6.64. The molecule has 0 heterocycles. The Hall–Kier alpha value is -0.690. The molecule has 0 aliphatic heterocycles. The van der Waals surface area contributed by atoms with E-state index >= 15 is 0 Å². The largest absolute Gasteiger partial charge is 0.491 e. The fourth-order valence-electron chi connectivity index (χ4n) is 4.09. The molecule has 3 rings (SSSR count). The summed E-state index contributed by atoms with van der Waals surface area (Å²) in [5.41, 5.74) is 1.24. The number of alkyl halides is 1. The van der Waals surface area contributed by atoms with E-state index in [0.717, 1.165) is 29.9 Å². The van der Waals surface area contributed by atoms with Crippen molar-refractivity contribution in [3.05, 3.63) is 29.8 Å². The van der Waals surface area contributed by atoms with Crippen molar-refractivity contribution in [2.24, 2.45) is 17.8 Å². The van der Waals surface area contributed by atoms with Crippen molar-refractivity contribution in [1.82, 2.24) is 0 Å². The van der Waals surface area contributed by atoms with Crippen molar-refractivity contribution in [3.8, 4) is 5.75 Å². The maximum atomic E-state index is 6.64. The van der Waals surface area contributed by atoms with Crippen LogP contribution in [0, 0.1) is 17.8 Å². The minimum Gasteiger partial charge on any atom is -0.491 e. The molecule has 2 bridgehead atoms. The number of rotatable bonds is 5. The molecule has 0 saturated heterocycles. The predicted octanol–water partition coefficient (Wildman–Crippen LogP) is 5.58. The molecule has 0 amide bonds. The van der Waals surface area contributed by atoms with Crippen LogP contribution in [0.1, 0.15) is 56.9 Å². The van der Waals surface area contributed by atoms with E-state index in [-0.39, 0.29) is 11.5 Å². The third kappa shape index (κ3) is 3.14. The van der Waals surface area contributed by atoms with Crippen molar-refractivity contribution in [2.45, 2.75) is 57.4 Å². The van der Waals surface area contributed by atoms with Crippen LogP contribution in [0.2, 0.25) is 0 Å². The number of fused-ring (bicyclic) bond motifs is 2. The van der Waals surface area contributed by atoms with Crippen LogP contribution in [0.25, 0.3) is 0 Å². The smallest absolute Gasteiger partial charge is 0.119 e. The third-order valence-corrected chi connectivity index (χ3v) is 5.44. The molecule has 2 saturated carbocycles. The highest BCUT2D eigenvalue weighted by Gasteiger charge is 2.39. The number of benzene rings is 1. The van der Waals surface area contributed by atoms with Crippen LogP contribution in [-0.2, 0) is 0 Å². The standard InChI is InChI=1S/C18H25ClO/c1-12(2)20-17-7-5-14(6-8-17)18(19)11-16-10-13-3-4-15(16)9-13/h5-8,12-13,15-16,18H,3-4,9-11H2,1-2H3. The van der Waals surface area contributed by atoms with Crippen molar-refractivity contribution >= 4 is 11.6 Å². The van der Waals surface area contributed by atoms with E-state index in [2.05, 4.69) is 12.1 Å². The first-order valence-corrected chi connectivity index (χ1v) is 8.46. The second kappa shape index (κ2) is 5.97. The van der Waals surface area contributed by atoms with Crippen LogP contribution < -0.4 is 4.74 Å². The first-order valence-electron chi connectivity index (χ1n) is 8.02. The molecule has 2 aliphatic carbocycles. The van der Waals surface area contributed by atoms with Crippen molar-refractivity contribution in [1.29, 1.82) is 0 Å². The lowest BCUT2D eigenvalue weighted by Crippen LogP contribution is -2.12. The van der Waals surface area contributed by atoms with Gasteiger partial charge in [-0.15, -0.1) is 11.6 Å². The van der Waals surface area contributed by atoms with E-state index in [1.807, 2.05) is 26.0 Å². The molecule has 1 nitrogen and oxygen atoms in total. The fraction of sp³-hybridized carbons (Fsp3) is 0.667. The average molecular weight is 293 g/mol. The van der Waals surface area contributed by atoms with Gasteiger partial charge in [-0.2, -0.15) is 0 Å². The molecule has 0 N–H and O–H groups in total. The molecule has 4 unspecified atom stereocenters. The van der Waals surface area contributed by atoms with Gasteiger partial charge in [-0.1, -0.05) is 18.6 Å². The van der Waals surface area contributed by atoms with Crippen LogP contribution in [0.3, 0.4) is 0 Å². The number of hydrogen-bond acceptors (Lipinski definition) is 1. The average Bonchev–Trinajstić information content (AvgIpc) is 3.01. The highest BCUT2D eigenvalue weighted by atomic mass is 35.5. The summed E-state index contributed by atoms with van der Waals surface area (Å²) in [6.07, 6.45) is 7.17. The maximum absolute atomic E-state index is 6.64. The Morgan fingerprint density at radius 3 is 2.45 bits per heavy atom. The van der Waals surface area contributed by atoms with Gasteiger partial charge in [0.15, 0.2) is 0 Å². The van der Waals surface area contributed by atoms with Gasteiger partial charge in [0.1, 0.15) is 5.75 Å². The van der Waals surface area contributed by atoms with Gasteiger partial charge in [0.2, 0.25) is 0 Å². The molecular weight excluding hydrogens is 268 g/mol. The van der Waals surface area contributed by atoms with E-state index in [4.69, 9.17) is 16.3 Å². The summed E-state index contributed by atoms with van der Waals surface area (Å²) in [4.78, 5) is 0. The third-order valence-electron chi connectivity index (χ3n) is 5.01. The van der Waals surface area contributed by atoms with Gasteiger partial charge in [-0.3, -0.25) is 0 Å². The molecule has 0 aromatic heterocycles. The topological polar surface area (TPSA) is 9.23 Å². The molecule has 2 aliphatic rings. The van der Waals surface area contributed by atoms with Gasteiger partial charge in [0.25, 0.3) is 0 Å². The predicted molar refractivity (Wildman–Crippen MR) is 84.4 cm³/mol.